The maximum absolute atomic E-state index is 11.6. The van der Waals surface area contributed by atoms with Crippen molar-refractivity contribution in [3.05, 3.63) is 0 Å². The zero-order chi connectivity index (χ0) is 13.0. The molecule has 0 aromatic carbocycles. The highest BCUT2D eigenvalue weighted by atomic mass is 32.2. The average Bonchev–Trinajstić information content (AvgIpc) is 1.99. The lowest BCUT2D eigenvalue weighted by Crippen LogP contribution is -2.45. The number of carboxylic acids is 1. The van der Waals surface area contributed by atoms with E-state index in [-0.39, 0.29) is 12.2 Å². The van der Waals surface area contributed by atoms with Crippen molar-refractivity contribution in [2.24, 2.45) is 5.41 Å². The normalized spacial score (nSPS) is 14.8. The monoisotopic (exact) mass is 251 g/mol. The number of aliphatic carboxylic acids is 1. The third-order valence-corrected chi connectivity index (χ3v) is 3.81. The van der Waals surface area contributed by atoms with E-state index in [1.165, 1.54) is 0 Å². The van der Waals surface area contributed by atoms with Gasteiger partial charge in [-0.3, -0.25) is 4.79 Å². The molecule has 1 atom stereocenters. The third-order valence-electron chi connectivity index (χ3n) is 2.22. The molecule has 0 aliphatic carbocycles. The van der Waals surface area contributed by atoms with Gasteiger partial charge in [0.1, 0.15) is 0 Å². The van der Waals surface area contributed by atoms with Crippen LogP contribution in [-0.4, -0.2) is 31.3 Å². The van der Waals surface area contributed by atoms with Crippen LogP contribution < -0.4 is 4.72 Å². The van der Waals surface area contributed by atoms with E-state index in [1.807, 2.05) is 20.8 Å². The maximum Gasteiger partial charge on any atom is 0.304 e. The van der Waals surface area contributed by atoms with Crippen LogP contribution in [0.25, 0.3) is 0 Å². The van der Waals surface area contributed by atoms with E-state index in [1.54, 1.807) is 6.92 Å². The first-order valence-electron chi connectivity index (χ1n) is 5.30. The van der Waals surface area contributed by atoms with Gasteiger partial charge in [-0.05, 0) is 11.8 Å². The highest BCUT2D eigenvalue weighted by Gasteiger charge is 2.30. The first-order valence-corrected chi connectivity index (χ1v) is 6.95. The lowest BCUT2D eigenvalue weighted by Gasteiger charge is -2.30. The second-order valence-corrected chi connectivity index (χ2v) is 6.83. The van der Waals surface area contributed by atoms with Crippen LogP contribution in [0.5, 0.6) is 0 Å². The standard InChI is InChI=1S/C10H21NO4S/c1-5-6-16(14,15)11-8(7-9(12)13)10(2,3)4/h8,11H,5-7H2,1-4H3,(H,12,13). The van der Waals surface area contributed by atoms with Crippen molar-refractivity contribution in [3.8, 4) is 0 Å². The number of rotatable bonds is 6. The minimum atomic E-state index is -3.37. The Kier molecular flexibility index (Phi) is 5.41. The highest BCUT2D eigenvalue weighted by Crippen LogP contribution is 2.22. The molecule has 16 heavy (non-hydrogen) atoms. The van der Waals surface area contributed by atoms with Crippen molar-refractivity contribution >= 4 is 16.0 Å². The summed E-state index contributed by atoms with van der Waals surface area (Å²) in [5.74, 6) is -0.974. The molecule has 0 aliphatic heterocycles. The summed E-state index contributed by atoms with van der Waals surface area (Å²) >= 11 is 0. The Morgan fingerprint density at radius 1 is 1.38 bits per heavy atom. The quantitative estimate of drug-likeness (QED) is 0.743. The van der Waals surface area contributed by atoms with Crippen molar-refractivity contribution in [1.82, 2.24) is 4.72 Å². The van der Waals surface area contributed by atoms with Gasteiger partial charge in [0.25, 0.3) is 0 Å². The van der Waals surface area contributed by atoms with Gasteiger partial charge in [0, 0.05) is 6.04 Å². The summed E-state index contributed by atoms with van der Waals surface area (Å²) in [4.78, 5) is 10.7. The fourth-order valence-electron chi connectivity index (χ4n) is 1.24. The zero-order valence-corrected chi connectivity index (χ0v) is 11.1. The molecule has 0 amide bonds. The van der Waals surface area contributed by atoms with Crippen molar-refractivity contribution in [2.75, 3.05) is 5.75 Å². The summed E-state index contributed by atoms with van der Waals surface area (Å²) in [6.45, 7) is 7.21. The van der Waals surface area contributed by atoms with E-state index in [2.05, 4.69) is 4.72 Å². The number of hydrogen-bond acceptors (Lipinski definition) is 3. The molecule has 96 valence electrons. The second-order valence-electron chi connectivity index (χ2n) is 4.95. The number of nitrogens with one attached hydrogen (secondary N) is 1. The van der Waals surface area contributed by atoms with E-state index in [0.29, 0.717) is 6.42 Å². The topological polar surface area (TPSA) is 83.5 Å². The minimum absolute atomic E-state index is 0.0270. The zero-order valence-electron chi connectivity index (χ0n) is 10.3. The molecule has 0 rings (SSSR count). The number of carbonyl (C=O) groups is 1. The van der Waals surface area contributed by atoms with Crippen molar-refractivity contribution in [3.63, 3.8) is 0 Å². The Labute approximate surface area is 97.3 Å². The summed E-state index contributed by atoms with van der Waals surface area (Å²) in [5.41, 5.74) is -0.417. The predicted molar refractivity (Wildman–Crippen MR) is 62.7 cm³/mol. The van der Waals surface area contributed by atoms with Gasteiger partial charge in [-0.1, -0.05) is 27.7 Å². The summed E-state index contributed by atoms with van der Waals surface area (Å²) in [5, 5.41) is 8.74. The second kappa shape index (κ2) is 5.63. The van der Waals surface area contributed by atoms with Crippen molar-refractivity contribution in [1.29, 1.82) is 0 Å². The summed E-state index contributed by atoms with van der Waals surface area (Å²) in [6, 6.07) is -0.582. The van der Waals surface area contributed by atoms with Crippen molar-refractivity contribution in [2.45, 2.75) is 46.6 Å². The molecule has 0 heterocycles. The third kappa shape index (κ3) is 6.07. The van der Waals surface area contributed by atoms with Crippen LogP contribution in [0.1, 0.15) is 40.5 Å². The Balaban J connectivity index is 4.75. The van der Waals surface area contributed by atoms with Crippen LogP contribution >= 0.6 is 0 Å². The Morgan fingerprint density at radius 2 is 1.88 bits per heavy atom. The fourth-order valence-corrected chi connectivity index (χ4v) is 2.77. The van der Waals surface area contributed by atoms with Crippen molar-refractivity contribution < 1.29 is 18.3 Å². The molecular formula is C10H21NO4S. The number of sulfonamides is 1. The Hall–Kier alpha value is -0.620. The lowest BCUT2D eigenvalue weighted by atomic mass is 9.85. The van der Waals surface area contributed by atoms with Gasteiger partial charge in [-0.2, -0.15) is 0 Å². The molecule has 0 aliphatic rings. The predicted octanol–water partition coefficient (Wildman–Crippen LogP) is 1.21. The van der Waals surface area contributed by atoms with Crippen LogP contribution in [-0.2, 0) is 14.8 Å². The molecular weight excluding hydrogens is 230 g/mol. The van der Waals surface area contributed by atoms with Gasteiger partial charge >= 0.3 is 5.97 Å². The molecule has 0 spiro atoms. The summed E-state index contributed by atoms with van der Waals surface area (Å²) in [7, 11) is -3.37. The number of hydrogen-bond donors (Lipinski definition) is 2. The van der Waals surface area contributed by atoms with Gasteiger partial charge in [0.2, 0.25) is 10.0 Å². The minimum Gasteiger partial charge on any atom is -0.481 e. The maximum atomic E-state index is 11.6. The molecule has 0 fully saturated rings. The molecule has 0 saturated heterocycles. The van der Waals surface area contributed by atoms with Gasteiger partial charge in [-0.25, -0.2) is 13.1 Å². The molecule has 1 unspecified atom stereocenters. The van der Waals surface area contributed by atoms with E-state index in [4.69, 9.17) is 5.11 Å². The fraction of sp³-hybridized carbons (Fsp3) is 0.900. The van der Waals surface area contributed by atoms with Crippen LogP contribution in [0.3, 0.4) is 0 Å². The largest absolute Gasteiger partial charge is 0.481 e. The van der Waals surface area contributed by atoms with Crippen LogP contribution in [0, 0.1) is 5.41 Å². The summed E-state index contributed by atoms with van der Waals surface area (Å²) in [6.07, 6.45) is 0.311. The summed E-state index contributed by atoms with van der Waals surface area (Å²) < 4.78 is 25.6. The first-order chi connectivity index (χ1) is 7.08. The van der Waals surface area contributed by atoms with Gasteiger partial charge in [0.15, 0.2) is 0 Å². The smallest absolute Gasteiger partial charge is 0.304 e. The SMILES string of the molecule is CCCS(=O)(=O)NC(CC(=O)O)C(C)(C)C. The average molecular weight is 251 g/mol. The molecule has 0 aromatic heterocycles. The van der Waals surface area contributed by atoms with E-state index in [0.717, 1.165) is 0 Å². The molecule has 0 aromatic rings. The Bertz CT molecular complexity index is 329. The van der Waals surface area contributed by atoms with Crippen LogP contribution in [0.2, 0.25) is 0 Å². The van der Waals surface area contributed by atoms with E-state index in [9.17, 15) is 13.2 Å². The molecule has 0 bridgehead atoms. The highest BCUT2D eigenvalue weighted by molar-refractivity contribution is 7.89. The molecule has 6 heteroatoms. The van der Waals surface area contributed by atoms with E-state index >= 15 is 0 Å². The van der Waals surface area contributed by atoms with E-state index < -0.39 is 27.4 Å². The lowest BCUT2D eigenvalue weighted by molar-refractivity contribution is -0.138. The Morgan fingerprint density at radius 3 is 2.19 bits per heavy atom. The molecule has 5 nitrogen and oxygen atoms in total. The van der Waals surface area contributed by atoms with Crippen LogP contribution in [0.4, 0.5) is 0 Å². The molecule has 0 saturated carbocycles. The van der Waals surface area contributed by atoms with Crippen LogP contribution in [0.15, 0.2) is 0 Å². The van der Waals surface area contributed by atoms with Gasteiger partial charge in [0.05, 0.1) is 12.2 Å². The van der Waals surface area contributed by atoms with Gasteiger partial charge < -0.3 is 5.11 Å². The molecule has 2 N–H and O–H groups in total. The van der Waals surface area contributed by atoms with Gasteiger partial charge in [-0.15, -0.1) is 0 Å². The molecule has 0 radical (unpaired) electrons. The number of carboxylic acid groups (broad SMARTS) is 1. The first kappa shape index (κ1) is 15.4.